The quantitative estimate of drug-likeness (QED) is 0.887. The van der Waals surface area contributed by atoms with Crippen LogP contribution < -0.4 is 5.32 Å². The minimum atomic E-state index is -0.204. The molecule has 1 aromatic heterocycles. The van der Waals surface area contributed by atoms with E-state index < -0.39 is 0 Å². The predicted molar refractivity (Wildman–Crippen MR) is 81.5 cm³/mol. The first-order valence-corrected chi connectivity index (χ1v) is 7.94. The van der Waals surface area contributed by atoms with Crippen molar-refractivity contribution in [3.63, 3.8) is 0 Å². The minimum Gasteiger partial charge on any atom is -0.309 e. The summed E-state index contributed by atoms with van der Waals surface area (Å²) >= 11 is 1.72. The Bertz CT molecular complexity index is 585. The fourth-order valence-electron chi connectivity index (χ4n) is 2.18. The molecule has 20 heavy (non-hydrogen) atoms. The SMILES string of the molecule is CC(C)c1nc(-c2ccc(F)cc2)sc1CNC1CC1. The second kappa shape index (κ2) is 5.62. The average Bonchev–Trinajstić information content (AvgIpc) is 3.15. The Hall–Kier alpha value is -1.26. The first-order chi connectivity index (χ1) is 9.63. The van der Waals surface area contributed by atoms with Gasteiger partial charge in [0.25, 0.3) is 0 Å². The fourth-order valence-corrected chi connectivity index (χ4v) is 3.35. The van der Waals surface area contributed by atoms with Crippen LogP contribution in [0.3, 0.4) is 0 Å². The monoisotopic (exact) mass is 290 g/mol. The second-order valence-corrected chi connectivity index (χ2v) is 6.73. The van der Waals surface area contributed by atoms with Gasteiger partial charge in [-0.05, 0) is 43.0 Å². The van der Waals surface area contributed by atoms with E-state index >= 15 is 0 Å². The van der Waals surface area contributed by atoms with Crippen LogP contribution in [0.1, 0.15) is 43.2 Å². The summed E-state index contributed by atoms with van der Waals surface area (Å²) in [6.07, 6.45) is 2.58. The first kappa shape index (κ1) is 13.7. The number of thiazole rings is 1. The zero-order valence-corrected chi connectivity index (χ0v) is 12.6. The number of halogens is 1. The third-order valence-electron chi connectivity index (χ3n) is 3.49. The van der Waals surface area contributed by atoms with E-state index in [4.69, 9.17) is 4.98 Å². The highest BCUT2D eigenvalue weighted by Gasteiger charge is 2.22. The number of benzene rings is 1. The number of nitrogens with one attached hydrogen (secondary N) is 1. The van der Waals surface area contributed by atoms with E-state index in [0.717, 1.165) is 17.1 Å². The van der Waals surface area contributed by atoms with Gasteiger partial charge in [-0.25, -0.2) is 9.37 Å². The van der Waals surface area contributed by atoms with Crippen LogP contribution in [-0.2, 0) is 6.54 Å². The van der Waals surface area contributed by atoms with Gasteiger partial charge in [0.15, 0.2) is 0 Å². The summed E-state index contributed by atoms with van der Waals surface area (Å²) in [5.41, 5.74) is 2.17. The molecule has 1 heterocycles. The standard InChI is InChI=1S/C16H19FN2S/c1-10(2)15-14(9-18-13-7-8-13)20-16(19-15)11-3-5-12(17)6-4-11/h3-6,10,13,18H,7-9H2,1-2H3. The summed E-state index contributed by atoms with van der Waals surface area (Å²) in [5, 5.41) is 4.54. The van der Waals surface area contributed by atoms with Gasteiger partial charge in [0.05, 0.1) is 5.69 Å². The number of aromatic nitrogens is 1. The molecule has 0 unspecified atom stereocenters. The van der Waals surface area contributed by atoms with Crippen molar-refractivity contribution in [2.75, 3.05) is 0 Å². The van der Waals surface area contributed by atoms with Crippen molar-refractivity contribution in [2.45, 2.75) is 45.2 Å². The molecule has 0 aliphatic heterocycles. The van der Waals surface area contributed by atoms with Gasteiger partial charge in [-0.15, -0.1) is 11.3 Å². The molecule has 4 heteroatoms. The van der Waals surface area contributed by atoms with Crippen molar-refractivity contribution in [1.29, 1.82) is 0 Å². The average molecular weight is 290 g/mol. The molecule has 2 nitrogen and oxygen atoms in total. The molecule has 1 aromatic carbocycles. The lowest BCUT2D eigenvalue weighted by Gasteiger charge is -2.05. The minimum absolute atomic E-state index is 0.204. The number of hydrogen-bond acceptors (Lipinski definition) is 3. The summed E-state index contributed by atoms with van der Waals surface area (Å²) in [5.74, 6) is 0.210. The van der Waals surface area contributed by atoms with Gasteiger partial charge >= 0.3 is 0 Å². The Morgan fingerprint density at radius 3 is 2.60 bits per heavy atom. The van der Waals surface area contributed by atoms with Crippen LogP contribution in [0.25, 0.3) is 10.6 Å². The van der Waals surface area contributed by atoms with E-state index in [2.05, 4.69) is 19.2 Å². The summed E-state index contributed by atoms with van der Waals surface area (Å²) in [7, 11) is 0. The molecule has 0 saturated heterocycles. The van der Waals surface area contributed by atoms with Crippen LogP contribution in [0.5, 0.6) is 0 Å². The van der Waals surface area contributed by atoms with Crippen LogP contribution in [-0.4, -0.2) is 11.0 Å². The van der Waals surface area contributed by atoms with Gasteiger partial charge in [0, 0.05) is 23.0 Å². The summed E-state index contributed by atoms with van der Waals surface area (Å²) < 4.78 is 13.0. The van der Waals surface area contributed by atoms with E-state index in [1.165, 1.54) is 35.5 Å². The lowest BCUT2D eigenvalue weighted by molar-refractivity contribution is 0.628. The van der Waals surface area contributed by atoms with Gasteiger partial charge < -0.3 is 5.32 Å². The van der Waals surface area contributed by atoms with Gasteiger partial charge in [-0.1, -0.05) is 13.8 Å². The lowest BCUT2D eigenvalue weighted by atomic mass is 10.1. The molecule has 0 amide bonds. The molecule has 106 valence electrons. The maximum Gasteiger partial charge on any atom is 0.123 e. The predicted octanol–water partition coefficient (Wildman–Crippen LogP) is 4.32. The maximum atomic E-state index is 13.0. The Labute approximate surface area is 123 Å². The van der Waals surface area contributed by atoms with Gasteiger partial charge in [0.1, 0.15) is 10.8 Å². The van der Waals surface area contributed by atoms with Crippen molar-refractivity contribution in [1.82, 2.24) is 10.3 Å². The first-order valence-electron chi connectivity index (χ1n) is 7.12. The van der Waals surface area contributed by atoms with E-state index in [0.29, 0.717) is 12.0 Å². The van der Waals surface area contributed by atoms with Crippen molar-refractivity contribution < 1.29 is 4.39 Å². The van der Waals surface area contributed by atoms with Crippen LogP contribution in [0.4, 0.5) is 4.39 Å². The third kappa shape index (κ3) is 3.07. The fraction of sp³-hybridized carbons (Fsp3) is 0.438. The van der Waals surface area contributed by atoms with Crippen molar-refractivity contribution in [3.05, 3.63) is 40.7 Å². The van der Waals surface area contributed by atoms with Gasteiger partial charge in [0.2, 0.25) is 0 Å². The highest BCUT2D eigenvalue weighted by Crippen LogP contribution is 2.32. The van der Waals surface area contributed by atoms with Crippen molar-refractivity contribution in [3.8, 4) is 10.6 Å². The molecule has 0 atom stereocenters. The smallest absolute Gasteiger partial charge is 0.123 e. The van der Waals surface area contributed by atoms with E-state index in [-0.39, 0.29) is 5.82 Å². The number of nitrogens with zero attached hydrogens (tertiary/aromatic N) is 1. The molecule has 1 aliphatic carbocycles. The second-order valence-electron chi connectivity index (χ2n) is 5.64. The molecule has 1 fully saturated rings. The maximum absolute atomic E-state index is 13.0. The normalized spacial score (nSPS) is 15.0. The third-order valence-corrected chi connectivity index (χ3v) is 4.61. The molecule has 2 aromatic rings. The highest BCUT2D eigenvalue weighted by atomic mass is 32.1. The molecule has 1 saturated carbocycles. The molecule has 0 spiro atoms. The number of rotatable bonds is 5. The Balaban J connectivity index is 1.86. The van der Waals surface area contributed by atoms with Crippen molar-refractivity contribution >= 4 is 11.3 Å². The van der Waals surface area contributed by atoms with E-state index in [1.807, 2.05) is 0 Å². The molecular weight excluding hydrogens is 271 g/mol. The van der Waals surface area contributed by atoms with Gasteiger partial charge in [-0.2, -0.15) is 0 Å². The Kier molecular flexibility index (Phi) is 3.85. The molecule has 3 rings (SSSR count). The van der Waals surface area contributed by atoms with Gasteiger partial charge in [-0.3, -0.25) is 0 Å². The summed E-state index contributed by atoms with van der Waals surface area (Å²) in [6, 6.07) is 7.29. The zero-order chi connectivity index (χ0) is 14.1. The lowest BCUT2D eigenvalue weighted by Crippen LogP contribution is -2.15. The van der Waals surface area contributed by atoms with Crippen molar-refractivity contribution in [2.24, 2.45) is 0 Å². The van der Waals surface area contributed by atoms with Crippen LogP contribution in [0.15, 0.2) is 24.3 Å². The zero-order valence-electron chi connectivity index (χ0n) is 11.8. The molecule has 1 aliphatic rings. The topological polar surface area (TPSA) is 24.9 Å². The van der Waals surface area contributed by atoms with Crippen LogP contribution in [0, 0.1) is 5.82 Å². The Morgan fingerprint density at radius 2 is 2.00 bits per heavy atom. The van der Waals surface area contributed by atoms with E-state index in [1.54, 1.807) is 23.5 Å². The van der Waals surface area contributed by atoms with E-state index in [9.17, 15) is 4.39 Å². The highest BCUT2D eigenvalue weighted by molar-refractivity contribution is 7.15. The summed E-state index contributed by atoms with van der Waals surface area (Å²) in [4.78, 5) is 6.08. The summed E-state index contributed by atoms with van der Waals surface area (Å²) in [6.45, 7) is 5.24. The molecular formula is C16H19FN2S. The van der Waals surface area contributed by atoms with Crippen LogP contribution in [0.2, 0.25) is 0 Å². The van der Waals surface area contributed by atoms with Crippen LogP contribution >= 0.6 is 11.3 Å². The number of hydrogen-bond donors (Lipinski definition) is 1. The largest absolute Gasteiger partial charge is 0.309 e. The molecule has 0 bridgehead atoms. The molecule has 1 N–H and O–H groups in total. The molecule has 0 radical (unpaired) electrons. The Morgan fingerprint density at radius 1 is 1.30 bits per heavy atom.